The SMILES string of the molecule is CO.CO.O=[N+]([O-])c1ccc(-c2nc(-c3ccccc3)c(-c3ccccc3)[nH]2)cc1.O=[N+]([O-])c1ccc(-c2nc(-c3ccccc3)c(-c3ccccc3)[nH]2)cc1. The Morgan fingerprint density at radius 1 is 0.393 bits per heavy atom. The van der Waals surface area contributed by atoms with Crippen LogP contribution in [0.5, 0.6) is 0 Å². The molecule has 6 aromatic carbocycles. The molecule has 12 nitrogen and oxygen atoms in total. The summed E-state index contributed by atoms with van der Waals surface area (Å²) in [6.07, 6.45) is 0. The third-order valence-electron chi connectivity index (χ3n) is 8.33. The molecule has 8 aromatic rings. The second kappa shape index (κ2) is 19.5. The van der Waals surface area contributed by atoms with Gasteiger partial charge in [-0.3, -0.25) is 20.2 Å². The standard InChI is InChI=1S/2C21H15N3O2.2CH4O/c2*25-24(26)18-13-11-17(12-14-18)21-22-19(15-7-3-1-4-8-15)20(23-21)16-9-5-2-6-10-16;2*1-2/h2*1-14H,(H,22,23);2*2H,1H3. The van der Waals surface area contributed by atoms with E-state index in [-0.39, 0.29) is 11.4 Å². The number of non-ortho nitro benzene ring substituents is 2. The first-order valence-electron chi connectivity index (χ1n) is 17.3. The number of rotatable bonds is 8. The van der Waals surface area contributed by atoms with Gasteiger partial charge in [-0.25, -0.2) is 9.97 Å². The number of nitrogens with zero attached hydrogens (tertiary/aromatic N) is 4. The van der Waals surface area contributed by atoms with Crippen LogP contribution in [0, 0.1) is 20.2 Å². The highest BCUT2D eigenvalue weighted by Gasteiger charge is 2.17. The number of aromatic nitrogens is 4. The highest BCUT2D eigenvalue weighted by molar-refractivity contribution is 5.82. The highest BCUT2D eigenvalue weighted by atomic mass is 16.6. The first kappa shape index (κ1) is 39.7. The molecule has 0 atom stereocenters. The predicted octanol–water partition coefficient (Wildman–Crippen LogP) is 9.85. The van der Waals surface area contributed by atoms with Gasteiger partial charge in [0.25, 0.3) is 11.4 Å². The topological polar surface area (TPSA) is 184 Å². The molecular formula is C44H38N6O6. The molecule has 0 aliphatic carbocycles. The van der Waals surface area contributed by atoms with E-state index in [0.29, 0.717) is 11.6 Å². The van der Waals surface area contributed by atoms with Crippen molar-refractivity contribution < 1.29 is 20.1 Å². The number of aromatic amines is 2. The quantitative estimate of drug-likeness (QED) is 0.0874. The second-order valence-electron chi connectivity index (χ2n) is 11.7. The Morgan fingerprint density at radius 3 is 0.929 bits per heavy atom. The molecule has 12 heteroatoms. The molecule has 0 amide bonds. The monoisotopic (exact) mass is 746 g/mol. The molecule has 0 spiro atoms. The van der Waals surface area contributed by atoms with Crippen molar-refractivity contribution >= 4 is 11.4 Å². The summed E-state index contributed by atoms with van der Waals surface area (Å²) in [6.45, 7) is 0. The van der Waals surface area contributed by atoms with Crippen LogP contribution in [0.15, 0.2) is 170 Å². The molecule has 0 aliphatic heterocycles. The van der Waals surface area contributed by atoms with Gasteiger partial charge < -0.3 is 20.2 Å². The van der Waals surface area contributed by atoms with Crippen molar-refractivity contribution in [3.8, 4) is 67.8 Å². The average molecular weight is 747 g/mol. The molecular weight excluding hydrogens is 709 g/mol. The van der Waals surface area contributed by atoms with Crippen LogP contribution in [0.25, 0.3) is 67.8 Å². The third kappa shape index (κ3) is 9.51. The largest absolute Gasteiger partial charge is 0.400 e. The Kier molecular flexibility index (Phi) is 13.8. The van der Waals surface area contributed by atoms with Crippen molar-refractivity contribution in [2.75, 3.05) is 14.2 Å². The van der Waals surface area contributed by atoms with Gasteiger partial charge in [-0.15, -0.1) is 0 Å². The van der Waals surface area contributed by atoms with Gasteiger partial charge in [0.15, 0.2) is 0 Å². The minimum atomic E-state index is -0.406. The summed E-state index contributed by atoms with van der Waals surface area (Å²) in [5, 5.41) is 35.7. The number of nitro benzene ring substituents is 2. The molecule has 0 saturated carbocycles. The van der Waals surface area contributed by atoms with E-state index in [1.54, 1.807) is 24.3 Å². The lowest BCUT2D eigenvalue weighted by molar-refractivity contribution is -0.385. The fraction of sp³-hybridized carbons (Fsp3) is 0.0455. The summed E-state index contributed by atoms with van der Waals surface area (Å²) in [5.41, 5.74) is 9.36. The Morgan fingerprint density at radius 2 is 0.661 bits per heavy atom. The van der Waals surface area contributed by atoms with Crippen LogP contribution in [0.2, 0.25) is 0 Å². The van der Waals surface area contributed by atoms with Crippen LogP contribution in [0.4, 0.5) is 11.4 Å². The first-order valence-corrected chi connectivity index (χ1v) is 17.3. The molecule has 0 saturated heterocycles. The van der Waals surface area contributed by atoms with Gasteiger partial charge in [0.05, 0.1) is 32.6 Å². The Balaban J connectivity index is 0.000000197. The number of aliphatic hydroxyl groups excluding tert-OH is 2. The Labute approximate surface area is 322 Å². The number of benzene rings is 6. The van der Waals surface area contributed by atoms with Crippen LogP contribution in [0.1, 0.15) is 0 Å². The number of aliphatic hydroxyl groups is 2. The van der Waals surface area contributed by atoms with Crippen molar-refractivity contribution in [1.82, 2.24) is 19.9 Å². The van der Waals surface area contributed by atoms with Crippen molar-refractivity contribution in [2.24, 2.45) is 0 Å². The van der Waals surface area contributed by atoms with Crippen LogP contribution in [-0.4, -0.2) is 54.2 Å². The number of hydrogen-bond acceptors (Lipinski definition) is 8. The Hall–Kier alpha value is -7.54. The van der Waals surface area contributed by atoms with Crippen LogP contribution >= 0.6 is 0 Å². The summed E-state index contributed by atoms with van der Waals surface area (Å²) in [6, 6.07) is 52.7. The summed E-state index contributed by atoms with van der Waals surface area (Å²) < 4.78 is 0. The zero-order chi connectivity index (χ0) is 39.9. The van der Waals surface area contributed by atoms with E-state index >= 15 is 0 Å². The smallest absolute Gasteiger partial charge is 0.269 e. The number of nitrogens with one attached hydrogen (secondary N) is 2. The number of H-pyrrole nitrogens is 2. The summed E-state index contributed by atoms with van der Waals surface area (Å²) in [4.78, 5) is 37.2. The van der Waals surface area contributed by atoms with E-state index in [1.807, 2.05) is 121 Å². The van der Waals surface area contributed by atoms with E-state index in [4.69, 9.17) is 20.2 Å². The van der Waals surface area contributed by atoms with Gasteiger partial charge in [-0.05, 0) is 24.3 Å². The average Bonchev–Trinajstić information content (AvgIpc) is 3.93. The Bertz CT molecular complexity index is 2150. The molecule has 0 bridgehead atoms. The second-order valence-corrected chi connectivity index (χ2v) is 11.7. The lowest BCUT2D eigenvalue weighted by Crippen LogP contribution is -1.87. The fourth-order valence-corrected chi connectivity index (χ4v) is 5.74. The fourth-order valence-electron chi connectivity index (χ4n) is 5.74. The maximum atomic E-state index is 10.9. The number of nitro groups is 2. The first-order chi connectivity index (χ1) is 27.4. The zero-order valence-electron chi connectivity index (χ0n) is 30.5. The number of imidazole rings is 2. The van der Waals surface area contributed by atoms with Gasteiger partial charge in [0.1, 0.15) is 11.6 Å². The van der Waals surface area contributed by atoms with Crippen molar-refractivity contribution in [1.29, 1.82) is 0 Å². The van der Waals surface area contributed by atoms with Gasteiger partial charge >= 0.3 is 0 Å². The van der Waals surface area contributed by atoms with Gasteiger partial charge in [0, 0.05) is 71.9 Å². The van der Waals surface area contributed by atoms with Crippen molar-refractivity contribution in [3.05, 3.63) is 190 Å². The van der Waals surface area contributed by atoms with E-state index in [0.717, 1.165) is 70.4 Å². The zero-order valence-corrected chi connectivity index (χ0v) is 30.5. The molecule has 0 aliphatic rings. The third-order valence-corrected chi connectivity index (χ3v) is 8.33. The molecule has 4 N–H and O–H groups in total. The lowest BCUT2D eigenvalue weighted by Gasteiger charge is -2.02. The van der Waals surface area contributed by atoms with Gasteiger partial charge in [-0.1, -0.05) is 121 Å². The molecule has 0 unspecified atom stereocenters. The van der Waals surface area contributed by atoms with Crippen LogP contribution < -0.4 is 0 Å². The van der Waals surface area contributed by atoms with E-state index < -0.39 is 9.85 Å². The predicted molar refractivity (Wildman–Crippen MR) is 219 cm³/mol. The molecule has 280 valence electrons. The summed E-state index contributed by atoms with van der Waals surface area (Å²) in [7, 11) is 2.00. The van der Waals surface area contributed by atoms with E-state index in [1.165, 1.54) is 24.3 Å². The molecule has 8 rings (SSSR count). The van der Waals surface area contributed by atoms with Crippen molar-refractivity contribution in [2.45, 2.75) is 0 Å². The molecule has 2 aromatic heterocycles. The van der Waals surface area contributed by atoms with Gasteiger partial charge in [0.2, 0.25) is 0 Å². The minimum absolute atomic E-state index is 0.0619. The van der Waals surface area contributed by atoms with Crippen LogP contribution in [0.3, 0.4) is 0 Å². The minimum Gasteiger partial charge on any atom is -0.400 e. The molecule has 0 fully saturated rings. The summed E-state index contributed by atoms with van der Waals surface area (Å²) in [5.74, 6) is 1.36. The lowest BCUT2D eigenvalue weighted by atomic mass is 10.1. The summed E-state index contributed by atoms with van der Waals surface area (Å²) >= 11 is 0. The molecule has 2 heterocycles. The van der Waals surface area contributed by atoms with Crippen molar-refractivity contribution in [3.63, 3.8) is 0 Å². The van der Waals surface area contributed by atoms with Crippen LogP contribution in [-0.2, 0) is 0 Å². The van der Waals surface area contributed by atoms with E-state index in [9.17, 15) is 20.2 Å². The van der Waals surface area contributed by atoms with E-state index in [2.05, 4.69) is 9.97 Å². The molecule has 56 heavy (non-hydrogen) atoms. The maximum Gasteiger partial charge on any atom is 0.269 e. The highest BCUT2D eigenvalue weighted by Crippen LogP contribution is 2.35. The normalized spacial score (nSPS) is 10.1. The molecule has 0 radical (unpaired) electrons. The van der Waals surface area contributed by atoms with Gasteiger partial charge in [-0.2, -0.15) is 0 Å². The number of hydrogen-bond donors (Lipinski definition) is 4. The maximum absolute atomic E-state index is 10.9.